The number of hydrogen-bond acceptors (Lipinski definition) is 3. The number of halogens is 3. The molecule has 1 aliphatic heterocycles. The second kappa shape index (κ2) is 5.57. The Balaban J connectivity index is 2.21. The largest absolute Gasteiger partial charge is 0.332 e. The molecule has 0 aliphatic carbocycles. The average molecular weight is 335 g/mol. The summed E-state index contributed by atoms with van der Waals surface area (Å²) >= 11 is 4.49. The summed E-state index contributed by atoms with van der Waals surface area (Å²) in [5.74, 6) is -1.00. The standard InChI is InChI=1S/C12H13BrF2N2S/c1-6-3-7(2)18-12(16-6)17-11-5-9(14)8(13)4-10(11)15/h4-7H,3H2,1-2H3,(H,16,17). The van der Waals surface area contributed by atoms with Crippen LogP contribution in [0.1, 0.15) is 20.3 Å². The first-order valence-corrected chi connectivity index (χ1v) is 7.29. The van der Waals surface area contributed by atoms with Crippen LogP contribution in [-0.4, -0.2) is 16.5 Å². The molecular weight excluding hydrogens is 322 g/mol. The van der Waals surface area contributed by atoms with E-state index in [0.29, 0.717) is 10.4 Å². The highest BCUT2D eigenvalue weighted by molar-refractivity contribution is 9.10. The number of benzene rings is 1. The Morgan fingerprint density at radius 3 is 2.72 bits per heavy atom. The van der Waals surface area contributed by atoms with Gasteiger partial charge in [-0.15, -0.1) is 0 Å². The van der Waals surface area contributed by atoms with Gasteiger partial charge < -0.3 is 5.32 Å². The third kappa shape index (κ3) is 3.23. The number of anilines is 1. The Labute approximate surface area is 117 Å². The maximum Gasteiger partial charge on any atom is 0.161 e. The Kier molecular flexibility index (Phi) is 4.27. The lowest BCUT2D eigenvalue weighted by Gasteiger charge is -2.23. The molecule has 2 rings (SSSR count). The lowest BCUT2D eigenvalue weighted by Crippen LogP contribution is -2.23. The Hall–Kier alpha value is -0.620. The summed E-state index contributed by atoms with van der Waals surface area (Å²) in [4.78, 5) is 4.39. The Morgan fingerprint density at radius 1 is 1.33 bits per heavy atom. The van der Waals surface area contributed by atoms with E-state index in [-0.39, 0.29) is 16.2 Å². The van der Waals surface area contributed by atoms with E-state index in [1.165, 1.54) is 0 Å². The molecule has 2 unspecified atom stereocenters. The maximum absolute atomic E-state index is 13.7. The number of nitrogens with one attached hydrogen (secondary N) is 1. The van der Waals surface area contributed by atoms with E-state index >= 15 is 0 Å². The predicted octanol–water partition coefficient (Wildman–Crippen LogP) is 4.41. The van der Waals surface area contributed by atoms with Crippen LogP contribution < -0.4 is 5.32 Å². The molecule has 6 heteroatoms. The molecule has 0 bridgehead atoms. The van der Waals surface area contributed by atoms with Crippen LogP contribution in [0.25, 0.3) is 0 Å². The molecule has 0 radical (unpaired) electrons. The van der Waals surface area contributed by atoms with Crippen LogP contribution >= 0.6 is 27.7 Å². The van der Waals surface area contributed by atoms with Gasteiger partial charge in [-0.3, -0.25) is 4.99 Å². The van der Waals surface area contributed by atoms with E-state index in [1.807, 2.05) is 6.92 Å². The number of nitrogens with zero attached hydrogens (tertiary/aromatic N) is 1. The van der Waals surface area contributed by atoms with Crippen LogP contribution in [0.15, 0.2) is 21.6 Å². The van der Waals surface area contributed by atoms with Crippen LogP contribution in [0.2, 0.25) is 0 Å². The van der Waals surface area contributed by atoms with Crippen molar-refractivity contribution < 1.29 is 8.78 Å². The van der Waals surface area contributed by atoms with Gasteiger partial charge in [-0.2, -0.15) is 0 Å². The zero-order chi connectivity index (χ0) is 13.3. The quantitative estimate of drug-likeness (QED) is 0.769. The summed E-state index contributed by atoms with van der Waals surface area (Å²) in [7, 11) is 0. The molecule has 1 heterocycles. The Bertz CT molecular complexity index is 493. The second-order valence-electron chi connectivity index (χ2n) is 4.32. The van der Waals surface area contributed by atoms with Gasteiger partial charge in [0.05, 0.1) is 16.2 Å². The fraction of sp³-hybridized carbons (Fsp3) is 0.417. The van der Waals surface area contributed by atoms with Crippen molar-refractivity contribution in [1.82, 2.24) is 0 Å². The lowest BCUT2D eigenvalue weighted by atomic mass is 10.2. The van der Waals surface area contributed by atoms with Crippen molar-refractivity contribution in [3.05, 3.63) is 28.2 Å². The van der Waals surface area contributed by atoms with Gasteiger partial charge in [0.2, 0.25) is 0 Å². The highest BCUT2D eigenvalue weighted by atomic mass is 79.9. The first kappa shape index (κ1) is 13.8. The molecule has 1 aliphatic rings. The number of aliphatic imine (C=N–C) groups is 1. The molecule has 2 nitrogen and oxygen atoms in total. The summed E-state index contributed by atoms with van der Waals surface area (Å²) in [6, 6.07) is 2.44. The van der Waals surface area contributed by atoms with Crippen molar-refractivity contribution in [2.24, 2.45) is 4.99 Å². The molecule has 0 fully saturated rings. The molecule has 0 aromatic heterocycles. The van der Waals surface area contributed by atoms with Crippen LogP contribution in [0.5, 0.6) is 0 Å². The zero-order valence-electron chi connectivity index (χ0n) is 10.0. The Morgan fingerprint density at radius 2 is 2.06 bits per heavy atom. The SMILES string of the molecule is CC1CC(C)SC(Nc2cc(F)c(Br)cc2F)=N1. The second-order valence-corrected chi connectivity index (χ2v) is 6.60. The van der Waals surface area contributed by atoms with Gasteiger partial charge >= 0.3 is 0 Å². The summed E-state index contributed by atoms with van der Waals surface area (Å²) in [5, 5.41) is 3.92. The molecule has 18 heavy (non-hydrogen) atoms. The molecule has 0 saturated carbocycles. The summed E-state index contributed by atoms with van der Waals surface area (Å²) in [5.41, 5.74) is 0.114. The van der Waals surface area contributed by atoms with Gasteiger partial charge in [-0.05, 0) is 35.3 Å². The first-order valence-electron chi connectivity index (χ1n) is 5.61. The third-order valence-electron chi connectivity index (χ3n) is 2.58. The zero-order valence-corrected chi connectivity index (χ0v) is 12.4. The number of amidine groups is 1. The molecule has 1 aromatic rings. The van der Waals surface area contributed by atoms with E-state index in [0.717, 1.165) is 18.6 Å². The van der Waals surface area contributed by atoms with Crippen molar-refractivity contribution in [1.29, 1.82) is 0 Å². The lowest BCUT2D eigenvalue weighted by molar-refractivity contribution is 0.598. The summed E-state index contributed by atoms with van der Waals surface area (Å²) in [6.45, 7) is 4.10. The fourth-order valence-corrected chi connectivity index (χ4v) is 3.28. The number of thioether (sulfide) groups is 1. The van der Waals surface area contributed by atoms with Gasteiger partial charge in [0.1, 0.15) is 11.6 Å². The molecule has 98 valence electrons. The van der Waals surface area contributed by atoms with Gasteiger partial charge in [0, 0.05) is 11.3 Å². The first-order chi connectivity index (χ1) is 8.45. The predicted molar refractivity (Wildman–Crippen MR) is 76.2 cm³/mol. The topological polar surface area (TPSA) is 24.4 Å². The maximum atomic E-state index is 13.7. The monoisotopic (exact) mass is 334 g/mol. The third-order valence-corrected chi connectivity index (χ3v) is 4.21. The minimum absolute atomic E-state index is 0.114. The minimum atomic E-state index is -0.502. The van der Waals surface area contributed by atoms with E-state index in [2.05, 4.69) is 33.2 Å². The summed E-state index contributed by atoms with van der Waals surface area (Å²) in [6.07, 6.45) is 0.993. The van der Waals surface area contributed by atoms with Crippen LogP contribution in [0, 0.1) is 11.6 Å². The van der Waals surface area contributed by atoms with Crippen LogP contribution in [-0.2, 0) is 0 Å². The van der Waals surface area contributed by atoms with Crippen molar-refractivity contribution in [3.63, 3.8) is 0 Å². The van der Waals surface area contributed by atoms with E-state index in [1.54, 1.807) is 11.8 Å². The van der Waals surface area contributed by atoms with Gasteiger partial charge in [0.25, 0.3) is 0 Å². The van der Waals surface area contributed by atoms with Gasteiger partial charge in [-0.1, -0.05) is 18.7 Å². The normalized spacial score (nSPS) is 23.7. The van der Waals surface area contributed by atoms with Gasteiger partial charge in [0.15, 0.2) is 5.17 Å². The molecule has 0 saturated heterocycles. The average Bonchev–Trinajstić information content (AvgIpc) is 2.24. The van der Waals surface area contributed by atoms with Gasteiger partial charge in [-0.25, -0.2) is 8.78 Å². The highest BCUT2D eigenvalue weighted by Crippen LogP contribution is 2.28. The van der Waals surface area contributed by atoms with Crippen molar-refractivity contribution in [3.8, 4) is 0 Å². The molecule has 1 aromatic carbocycles. The number of rotatable bonds is 1. The smallest absolute Gasteiger partial charge is 0.161 e. The molecule has 2 atom stereocenters. The summed E-state index contributed by atoms with van der Waals surface area (Å²) < 4.78 is 27.1. The van der Waals surface area contributed by atoms with Crippen LogP contribution in [0.4, 0.5) is 14.5 Å². The van der Waals surface area contributed by atoms with Crippen LogP contribution in [0.3, 0.4) is 0 Å². The van der Waals surface area contributed by atoms with E-state index in [4.69, 9.17) is 0 Å². The van der Waals surface area contributed by atoms with Crippen molar-refractivity contribution >= 4 is 38.5 Å². The molecule has 1 N–H and O–H groups in total. The molecule has 0 spiro atoms. The van der Waals surface area contributed by atoms with Crippen molar-refractivity contribution in [2.45, 2.75) is 31.6 Å². The fourth-order valence-electron chi connectivity index (χ4n) is 1.80. The molecular formula is C12H13BrF2N2S. The van der Waals surface area contributed by atoms with E-state index in [9.17, 15) is 8.78 Å². The highest BCUT2D eigenvalue weighted by Gasteiger charge is 2.19. The number of hydrogen-bond donors (Lipinski definition) is 1. The van der Waals surface area contributed by atoms with Crippen molar-refractivity contribution in [2.75, 3.05) is 5.32 Å². The minimum Gasteiger partial charge on any atom is -0.332 e. The van der Waals surface area contributed by atoms with E-state index < -0.39 is 11.6 Å². The molecule has 0 amide bonds.